The molecule has 1 atom stereocenters. The molecule has 11 heteroatoms. The van der Waals surface area contributed by atoms with Crippen molar-refractivity contribution in [2.45, 2.75) is 26.5 Å². The Kier molecular flexibility index (Phi) is 10.6. The maximum absolute atomic E-state index is 14.2. The lowest BCUT2D eigenvalue weighted by Gasteiger charge is -2.25. The summed E-state index contributed by atoms with van der Waals surface area (Å²) >= 11 is 11.1. The van der Waals surface area contributed by atoms with E-state index in [9.17, 15) is 14.4 Å². The van der Waals surface area contributed by atoms with Gasteiger partial charge in [-0.1, -0.05) is 83.6 Å². The smallest absolute Gasteiger partial charge is 0.338 e. The number of hydrogen-bond acceptors (Lipinski definition) is 8. The van der Waals surface area contributed by atoms with Crippen LogP contribution in [0.25, 0.3) is 11.8 Å². The number of fused-ring (bicyclic) bond motifs is 1. The van der Waals surface area contributed by atoms with E-state index < -0.39 is 12.0 Å². The summed E-state index contributed by atoms with van der Waals surface area (Å²) in [5.41, 5.74) is 3.99. The van der Waals surface area contributed by atoms with Gasteiger partial charge in [0.2, 0.25) is 0 Å². The number of thiazole rings is 1. The predicted molar refractivity (Wildman–Crippen MR) is 193 cm³/mol. The molecule has 0 N–H and O–H groups in total. The van der Waals surface area contributed by atoms with E-state index in [1.165, 1.54) is 11.3 Å². The van der Waals surface area contributed by atoms with E-state index in [4.69, 9.17) is 30.8 Å². The molecule has 0 unspecified atom stereocenters. The molecule has 0 saturated carbocycles. The number of carbonyl (C=O) groups excluding carboxylic acids is 2. The highest BCUT2D eigenvalue weighted by molar-refractivity contribution is 9.10. The number of halogens is 2. The van der Waals surface area contributed by atoms with Crippen LogP contribution in [0.4, 0.5) is 0 Å². The summed E-state index contributed by atoms with van der Waals surface area (Å²) in [5, 5.41) is 0.533. The highest BCUT2D eigenvalue weighted by Crippen LogP contribution is 2.35. The second-order valence-corrected chi connectivity index (χ2v) is 13.2. The van der Waals surface area contributed by atoms with Crippen LogP contribution in [0.5, 0.6) is 5.75 Å². The van der Waals surface area contributed by atoms with Gasteiger partial charge in [0.15, 0.2) is 4.80 Å². The molecule has 1 aromatic heterocycles. The second kappa shape index (κ2) is 15.2. The van der Waals surface area contributed by atoms with Crippen LogP contribution >= 0.6 is 38.9 Å². The second-order valence-electron chi connectivity index (χ2n) is 10.9. The normalized spacial score (nSPS) is 14.2. The van der Waals surface area contributed by atoms with E-state index in [1.807, 2.05) is 72.8 Å². The van der Waals surface area contributed by atoms with Crippen molar-refractivity contribution in [3.63, 3.8) is 0 Å². The van der Waals surface area contributed by atoms with Gasteiger partial charge in [-0.3, -0.25) is 9.36 Å². The van der Waals surface area contributed by atoms with E-state index in [-0.39, 0.29) is 30.3 Å². The molecule has 0 amide bonds. The quantitative estimate of drug-likeness (QED) is 0.141. The molecule has 0 saturated heterocycles. The van der Waals surface area contributed by atoms with Crippen LogP contribution in [-0.4, -0.2) is 29.7 Å². The molecule has 2 heterocycles. The first-order valence-corrected chi connectivity index (χ1v) is 17.5. The molecule has 5 aromatic rings. The largest absolute Gasteiger partial charge is 0.488 e. The number of rotatable bonds is 10. The number of hydrogen-bond donors (Lipinski definition) is 0. The van der Waals surface area contributed by atoms with Crippen molar-refractivity contribution in [3.8, 4) is 5.75 Å². The molecular formula is C38H30BrClN2O6S. The molecule has 49 heavy (non-hydrogen) atoms. The first kappa shape index (κ1) is 34.1. The SMILES string of the molecule is CCOC(=O)C1=C(c2ccccc2)N=c2s/c(=C\c3ccc(OCc4ccc(C(=O)OCC)cc4)c(Br)c3)c(=O)n2[C@@H]1c1ccc(Cl)cc1. The van der Waals surface area contributed by atoms with E-state index in [0.29, 0.717) is 48.0 Å². The number of benzene rings is 4. The molecule has 1 aliphatic heterocycles. The zero-order valence-electron chi connectivity index (χ0n) is 26.5. The number of aromatic nitrogens is 1. The third-order valence-corrected chi connectivity index (χ3v) is 9.53. The van der Waals surface area contributed by atoms with Gasteiger partial charge in [0, 0.05) is 10.6 Å². The monoisotopic (exact) mass is 756 g/mol. The van der Waals surface area contributed by atoms with Crippen LogP contribution < -0.4 is 19.6 Å². The molecule has 0 aliphatic carbocycles. The molecule has 0 radical (unpaired) electrons. The Morgan fingerprint density at radius 1 is 0.918 bits per heavy atom. The molecular weight excluding hydrogens is 728 g/mol. The average Bonchev–Trinajstić information content (AvgIpc) is 3.42. The maximum Gasteiger partial charge on any atom is 0.338 e. The number of ether oxygens (including phenoxy) is 3. The van der Waals surface area contributed by atoms with E-state index in [2.05, 4.69) is 15.9 Å². The molecule has 248 valence electrons. The average molecular weight is 758 g/mol. The van der Waals surface area contributed by atoms with Crippen molar-refractivity contribution in [2.24, 2.45) is 4.99 Å². The lowest BCUT2D eigenvalue weighted by atomic mass is 9.93. The van der Waals surface area contributed by atoms with Crippen LogP contribution in [0.1, 0.15) is 52.5 Å². The third-order valence-electron chi connectivity index (χ3n) is 7.67. The fraction of sp³-hybridized carbons (Fsp3) is 0.158. The minimum Gasteiger partial charge on any atom is -0.488 e. The maximum atomic E-state index is 14.2. The summed E-state index contributed by atoms with van der Waals surface area (Å²) in [4.78, 5) is 45.1. The van der Waals surface area contributed by atoms with E-state index in [0.717, 1.165) is 16.7 Å². The number of esters is 2. The van der Waals surface area contributed by atoms with Gasteiger partial charge in [-0.2, -0.15) is 0 Å². The summed E-state index contributed by atoms with van der Waals surface area (Å²) < 4.78 is 19.3. The van der Waals surface area contributed by atoms with Crippen LogP contribution in [0.2, 0.25) is 5.02 Å². The summed E-state index contributed by atoms with van der Waals surface area (Å²) in [7, 11) is 0. The summed E-state index contributed by atoms with van der Waals surface area (Å²) in [6, 6.07) is 28.3. The third kappa shape index (κ3) is 7.46. The van der Waals surface area contributed by atoms with Crippen molar-refractivity contribution >= 4 is 62.6 Å². The van der Waals surface area contributed by atoms with Gasteiger partial charge in [-0.25, -0.2) is 14.6 Å². The highest BCUT2D eigenvalue weighted by Gasteiger charge is 2.35. The van der Waals surface area contributed by atoms with Crippen LogP contribution in [-0.2, 0) is 20.9 Å². The van der Waals surface area contributed by atoms with Gasteiger partial charge in [0.1, 0.15) is 12.4 Å². The zero-order valence-corrected chi connectivity index (χ0v) is 29.7. The zero-order chi connectivity index (χ0) is 34.5. The van der Waals surface area contributed by atoms with Crippen LogP contribution in [0.15, 0.2) is 117 Å². The van der Waals surface area contributed by atoms with Crippen molar-refractivity contribution < 1.29 is 23.8 Å². The first-order chi connectivity index (χ1) is 23.8. The molecule has 4 aromatic carbocycles. The fourth-order valence-corrected chi connectivity index (χ4v) is 7.03. The Labute approximate surface area is 299 Å². The Bertz CT molecular complexity index is 2230. The van der Waals surface area contributed by atoms with Gasteiger partial charge >= 0.3 is 11.9 Å². The van der Waals surface area contributed by atoms with E-state index in [1.54, 1.807) is 48.8 Å². The molecule has 0 bridgehead atoms. The standard InChI is InChI=1S/C38H30BrClN2O6S/c1-3-46-36(44)27-13-10-23(11-14-27)22-48-30-19-12-24(20-29(30)39)21-31-35(43)42-34(26-15-17-28(40)18-16-26)32(37(45)47-4-2)33(41-38(42)49-31)25-8-6-5-7-9-25/h5-21,34H,3-4,22H2,1-2H3/b31-21-/t34-/m1/s1. The summed E-state index contributed by atoms with van der Waals surface area (Å²) in [6.45, 7) is 4.28. The van der Waals surface area contributed by atoms with Gasteiger partial charge < -0.3 is 14.2 Å². The number of nitrogens with zero attached hydrogens (tertiary/aromatic N) is 2. The minimum atomic E-state index is -0.793. The summed E-state index contributed by atoms with van der Waals surface area (Å²) in [5.74, 6) is -0.298. The van der Waals surface area contributed by atoms with Crippen LogP contribution in [0.3, 0.4) is 0 Å². The summed E-state index contributed by atoms with van der Waals surface area (Å²) in [6.07, 6.45) is 1.79. The highest BCUT2D eigenvalue weighted by atomic mass is 79.9. The van der Waals surface area contributed by atoms with Crippen molar-refractivity contribution in [1.29, 1.82) is 0 Å². The van der Waals surface area contributed by atoms with Crippen molar-refractivity contribution in [3.05, 3.63) is 160 Å². The van der Waals surface area contributed by atoms with Crippen molar-refractivity contribution in [2.75, 3.05) is 13.2 Å². The van der Waals surface area contributed by atoms with E-state index >= 15 is 0 Å². The van der Waals surface area contributed by atoms with Crippen molar-refractivity contribution in [1.82, 2.24) is 4.57 Å². The molecule has 1 aliphatic rings. The first-order valence-electron chi connectivity index (χ1n) is 15.5. The van der Waals surface area contributed by atoms with Gasteiger partial charge in [0.25, 0.3) is 5.56 Å². The Morgan fingerprint density at radius 3 is 2.29 bits per heavy atom. The molecule has 6 rings (SSSR count). The fourth-order valence-electron chi connectivity index (χ4n) is 5.39. The van der Waals surface area contributed by atoms with Crippen LogP contribution in [0, 0.1) is 0 Å². The molecule has 8 nitrogen and oxygen atoms in total. The molecule has 0 spiro atoms. The predicted octanol–water partition coefficient (Wildman–Crippen LogP) is 7.11. The molecule has 0 fully saturated rings. The Balaban J connectivity index is 1.36. The van der Waals surface area contributed by atoms with Gasteiger partial charge in [-0.05, 0) is 88.9 Å². The Morgan fingerprint density at radius 2 is 1.61 bits per heavy atom. The lowest BCUT2D eigenvalue weighted by molar-refractivity contribution is -0.138. The van der Waals surface area contributed by atoms with Gasteiger partial charge in [-0.15, -0.1) is 0 Å². The lowest BCUT2D eigenvalue weighted by Crippen LogP contribution is -2.40. The number of carbonyl (C=O) groups is 2. The topological polar surface area (TPSA) is 96.2 Å². The van der Waals surface area contributed by atoms with Gasteiger partial charge in [0.05, 0.1) is 45.1 Å². The minimum absolute atomic E-state index is 0.165. The Hall–Kier alpha value is -4.77.